The van der Waals surface area contributed by atoms with Gasteiger partial charge in [0, 0.05) is 0 Å². The molecule has 4 rings (SSSR count). The van der Waals surface area contributed by atoms with Gasteiger partial charge in [-0.3, -0.25) is 10.2 Å². The summed E-state index contributed by atoms with van der Waals surface area (Å²) in [5.41, 5.74) is 4.41. The molecule has 0 radical (unpaired) electrons. The lowest BCUT2D eigenvalue weighted by Crippen LogP contribution is -2.58. The highest BCUT2D eigenvalue weighted by molar-refractivity contribution is 7.92. The van der Waals surface area contributed by atoms with Gasteiger partial charge in [0.25, 0.3) is 21.8 Å². The van der Waals surface area contributed by atoms with Crippen molar-refractivity contribution in [1.82, 2.24) is 15.0 Å². The van der Waals surface area contributed by atoms with Crippen LogP contribution in [0.25, 0.3) is 0 Å². The van der Waals surface area contributed by atoms with Crippen LogP contribution in [0.15, 0.2) is 65.7 Å². The summed E-state index contributed by atoms with van der Waals surface area (Å²) in [5, 5.41) is 0.747. The van der Waals surface area contributed by atoms with E-state index in [1.807, 2.05) is 30.3 Å². The first-order valence-electron chi connectivity index (χ1n) is 9.70. The van der Waals surface area contributed by atoms with E-state index in [1.54, 1.807) is 12.1 Å². The molecule has 0 spiro atoms. The van der Waals surface area contributed by atoms with Crippen LogP contribution in [0.3, 0.4) is 0 Å². The van der Waals surface area contributed by atoms with E-state index in [-0.39, 0.29) is 34.4 Å². The number of carbonyl (C=O) groups is 1. The van der Waals surface area contributed by atoms with Crippen molar-refractivity contribution >= 4 is 39.2 Å². The third-order valence-corrected chi connectivity index (χ3v) is 6.71. The van der Waals surface area contributed by atoms with Crippen LogP contribution in [0.5, 0.6) is 11.6 Å². The average Bonchev–Trinajstić information content (AvgIpc) is 2.84. The Balaban J connectivity index is 1.48. The number of ether oxygens (including phenoxy) is 2. The van der Waals surface area contributed by atoms with E-state index in [0.717, 1.165) is 5.56 Å². The standard InChI is InChI=1S/C21H20ClN5O5S/c1-31-16-12-23-21(24-19(16)32-2)26-33(29,30)15-10-8-14(9-11-15)25-27-18(17(22)20(27)28)13-6-4-3-5-7-13/h3-12,17-18,25H,1-2H3,(H,23,24,26). The average molecular weight is 490 g/mol. The summed E-state index contributed by atoms with van der Waals surface area (Å²) in [6, 6.07) is 14.9. The molecule has 1 saturated heterocycles. The van der Waals surface area contributed by atoms with Gasteiger partial charge in [-0.2, -0.15) is 4.98 Å². The summed E-state index contributed by atoms with van der Waals surface area (Å²) < 4.78 is 37.8. The van der Waals surface area contributed by atoms with E-state index in [1.165, 1.54) is 37.6 Å². The monoisotopic (exact) mass is 489 g/mol. The van der Waals surface area contributed by atoms with E-state index in [4.69, 9.17) is 21.1 Å². The summed E-state index contributed by atoms with van der Waals surface area (Å²) in [7, 11) is -1.17. The fourth-order valence-corrected chi connectivity index (χ4v) is 4.58. The summed E-state index contributed by atoms with van der Waals surface area (Å²) in [6.45, 7) is 0. The second-order valence-electron chi connectivity index (χ2n) is 6.98. The predicted octanol–water partition coefficient (Wildman–Crippen LogP) is 2.81. The zero-order valence-corrected chi connectivity index (χ0v) is 19.2. The number of hydrazine groups is 1. The van der Waals surface area contributed by atoms with Gasteiger partial charge in [-0.05, 0) is 29.8 Å². The number of nitrogens with zero attached hydrogens (tertiary/aromatic N) is 3. The number of hydrogen-bond donors (Lipinski definition) is 2. The van der Waals surface area contributed by atoms with Crippen LogP contribution in [-0.4, -0.2) is 48.9 Å². The molecule has 2 heterocycles. The molecule has 1 fully saturated rings. The highest BCUT2D eigenvalue weighted by Crippen LogP contribution is 2.38. The number of anilines is 2. The van der Waals surface area contributed by atoms with Gasteiger partial charge in [-0.1, -0.05) is 30.3 Å². The zero-order chi connectivity index (χ0) is 23.6. The molecular weight excluding hydrogens is 470 g/mol. The van der Waals surface area contributed by atoms with Crippen molar-refractivity contribution in [2.45, 2.75) is 16.3 Å². The molecule has 10 nitrogen and oxygen atoms in total. The number of alkyl halides is 1. The first kappa shape index (κ1) is 22.6. The van der Waals surface area contributed by atoms with Gasteiger partial charge in [0.2, 0.25) is 5.95 Å². The number of sulfonamides is 1. The van der Waals surface area contributed by atoms with Crippen molar-refractivity contribution in [2.24, 2.45) is 0 Å². The molecule has 0 bridgehead atoms. The maximum absolute atomic E-state index is 12.7. The van der Waals surface area contributed by atoms with Crippen molar-refractivity contribution in [3.8, 4) is 11.6 Å². The SMILES string of the molecule is COc1cnc(NS(=O)(=O)c2ccc(NN3C(=O)C(Cl)C3c3ccccc3)cc2)nc1OC. The molecule has 1 amide bonds. The Morgan fingerprint density at radius 2 is 1.73 bits per heavy atom. The normalized spacial score (nSPS) is 17.8. The van der Waals surface area contributed by atoms with Gasteiger partial charge in [-0.15, -0.1) is 11.6 Å². The number of halogens is 1. The maximum Gasteiger partial charge on any atom is 0.264 e. The number of nitrogens with one attached hydrogen (secondary N) is 2. The molecule has 2 unspecified atom stereocenters. The summed E-state index contributed by atoms with van der Waals surface area (Å²) in [6.07, 6.45) is 1.30. The van der Waals surface area contributed by atoms with Crippen molar-refractivity contribution < 1.29 is 22.7 Å². The smallest absolute Gasteiger partial charge is 0.264 e. The second-order valence-corrected chi connectivity index (χ2v) is 9.13. The Morgan fingerprint density at radius 1 is 1.03 bits per heavy atom. The van der Waals surface area contributed by atoms with Gasteiger partial charge in [0.15, 0.2) is 5.75 Å². The molecular formula is C21H20ClN5O5S. The van der Waals surface area contributed by atoms with Crippen LogP contribution in [0.1, 0.15) is 11.6 Å². The lowest BCUT2D eigenvalue weighted by molar-refractivity contribution is -0.143. The molecule has 33 heavy (non-hydrogen) atoms. The van der Waals surface area contributed by atoms with Crippen molar-refractivity contribution in [3.05, 3.63) is 66.4 Å². The Kier molecular flexibility index (Phi) is 6.25. The third-order valence-electron chi connectivity index (χ3n) is 4.95. The van der Waals surface area contributed by atoms with Gasteiger partial charge in [-0.25, -0.2) is 23.1 Å². The van der Waals surface area contributed by atoms with Crippen LogP contribution in [0.4, 0.5) is 11.6 Å². The molecule has 12 heteroatoms. The number of hydrogen-bond acceptors (Lipinski definition) is 8. The first-order chi connectivity index (χ1) is 15.8. The summed E-state index contributed by atoms with van der Waals surface area (Å²) >= 11 is 6.22. The number of methoxy groups -OCH3 is 2. The first-order valence-corrected chi connectivity index (χ1v) is 11.6. The summed E-state index contributed by atoms with van der Waals surface area (Å²) in [5.74, 6) is -0.0756. The highest BCUT2D eigenvalue weighted by Gasteiger charge is 2.47. The highest BCUT2D eigenvalue weighted by atomic mass is 35.5. The molecule has 3 aromatic rings. The fraction of sp³-hybridized carbons (Fsp3) is 0.190. The largest absolute Gasteiger partial charge is 0.490 e. The molecule has 2 atom stereocenters. The van der Waals surface area contributed by atoms with E-state index in [0.29, 0.717) is 5.69 Å². The van der Waals surface area contributed by atoms with Crippen LogP contribution >= 0.6 is 11.6 Å². The molecule has 1 aromatic heterocycles. The molecule has 1 aliphatic heterocycles. The number of amides is 1. The van der Waals surface area contributed by atoms with Crippen molar-refractivity contribution in [3.63, 3.8) is 0 Å². The van der Waals surface area contributed by atoms with Crippen LogP contribution in [-0.2, 0) is 14.8 Å². The number of aromatic nitrogens is 2. The van der Waals surface area contributed by atoms with Crippen molar-refractivity contribution in [1.29, 1.82) is 0 Å². The minimum absolute atomic E-state index is 0.0174. The zero-order valence-electron chi connectivity index (χ0n) is 17.6. The lowest BCUT2D eigenvalue weighted by atomic mass is 9.95. The number of rotatable bonds is 8. The second kappa shape index (κ2) is 9.12. The molecule has 2 N–H and O–H groups in total. The van der Waals surface area contributed by atoms with E-state index in [9.17, 15) is 13.2 Å². The lowest BCUT2D eigenvalue weighted by Gasteiger charge is -2.44. The molecule has 2 aromatic carbocycles. The number of β-lactam (4-membered cyclic amide) rings is 1. The third kappa shape index (κ3) is 4.50. The minimum atomic E-state index is -3.97. The number of benzene rings is 2. The Morgan fingerprint density at radius 3 is 2.36 bits per heavy atom. The quantitative estimate of drug-likeness (QED) is 0.366. The Labute approximate surface area is 195 Å². The van der Waals surface area contributed by atoms with E-state index >= 15 is 0 Å². The summed E-state index contributed by atoms with van der Waals surface area (Å²) in [4.78, 5) is 20.2. The topological polar surface area (TPSA) is 123 Å². The molecule has 1 aliphatic rings. The van der Waals surface area contributed by atoms with Gasteiger partial charge in [0.1, 0.15) is 11.4 Å². The minimum Gasteiger partial charge on any atom is -0.490 e. The predicted molar refractivity (Wildman–Crippen MR) is 122 cm³/mol. The van der Waals surface area contributed by atoms with Crippen LogP contribution in [0.2, 0.25) is 0 Å². The van der Waals surface area contributed by atoms with E-state index in [2.05, 4.69) is 20.1 Å². The van der Waals surface area contributed by atoms with Gasteiger partial charge in [0.05, 0.1) is 31.0 Å². The van der Waals surface area contributed by atoms with Crippen LogP contribution in [0, 0.1) is 0 Å². The fourth-order valence-electron chi connectivity index (χ4n) is 3.26. The number of carbonyl (C=O) groups excluding carboxylic acids is 1. The van der Waals surface area contributed by atoms with Gasteiger partial charge >= 0.3 is 0 Å². The molecule has 172 valence electrons. The Bertz CT molecular complexity index is 1260. The van der Waals surface area contributed by atoms with Crippen molar-refractivity contribution in [2.75, 3.05) is 24.4 Å². The maximum atomic E-state index is 12.7. The Hall–Kier alpha value is -3.57. The van der Waals surface area contributed by atoms with Crippen LogP contribution < -0.4 is 19.6 Å². The molecule has 0 saturated carbocycles. The molecule has 0 aliphatic carbocycles. The van der Waals surface area contributed by atoms with Gasteiger partial charge < -0.3 is 9.47 Å². The van der Waals surface area contributed by atoms with E-state index < -0.39 is 15.4 Å².